The number of amides is 1. The molecule has 0 bridgehead atoms. The Kier molecular flexibility index (Phi) is 8.95. The number of piperazine rings is 1. The number of aromatic nitrogens is 1. The van der Waals surface area contributed by atoms with Crippen molar-refractivity contribution in [2.45, 2.75) is 32.7 Å². The molecule has 1 amide bonds. The average molecular weight is 395 g/mol. The smallest absolute Gasteiger partial charge is 0.273 e. The predicted molar refractivity (Wildman–Crippen MR) is 104 cm³/mol. The predicted octanol–water partition coefficient (Wildman–Crippen LogP) is 2.30. The third-order valence-electron chi connectivity index (χ3n) is 4.47. The van der Waals surface area contributed by atoms with Crippen LogP contribution in [0, 0.1) is 5.92 Å². The van der Waals surface area contributed by atoms with Gasteiger partial charge in [0.2, 0.25) is 0 Å². The van der Waals surface area contributed by atoms with Gasteiger partial charge in [0.1, 0.15) is 5.69 Å². The zero-order valence-corrected chi connectivity index (χ0v) is 16.8. The van der Waals surface area contributed by atoms with E-state index in [1.165, 1.54) is 0 Å². The second-order valence-electron chi connectivity index (χ2n) is 6.70. The van der Waals surface area contributed by atoms with Crippen LogP contribution in [-0.4, -0.2) is 66.0 Å². The van der Waals surface area contributed by atoms with Crippen molar-refractivity contribution in [2.75, 3.05) is 39.3 Å². The third-order valence-corrected chi connectivity index (χ3v) is 5.34. The lowest BCUT2D eigenvalue weighted by Crippen LogP contribution is -2.49. The van der Waals surface area contributed by atoms with Crippen molar-refractivity contribution in [3.63, 3.8) is 0 Å². The molecule has 1 atom stereocenters. The molecule has 8 heteroatoms. The zero-order valence-electron chi connectivity index (χ0n) is 14.4. The van der Waals surface area contributed by atoms with Crippen molar-refractivity contribution < 1.29 is 4.79 Å². The number of carbonyl (C=O) groups excluding carboxylic acids is 1. The van der Waals surface area contributed by atoms with Crippen LogP contribution in [-0.2, 0) is 6.42 Å². The number of nitrogens with zero attached hydrogens (tertiary/aromatic N) is 3. The van der Waals surface area contributed by atoms with Gasteiger partial charge in [0, 0.05) is 57.1 Å². The summed E-state index contributed by atoms with van der Waals surface area (Å²) >= 11 is 1.62. The first-order valence-corrected chi connectivity index (χ1v) is 9.20. The summed E-state index contributed by atoms with van der Waals surface area (Å²) < 4.78 is 0. The third kappa shape index (κ3) is 5.30. The van der Waals surface area contributed by atoms with Gasteiger partial charge < -0.3 is 10.2 Å². The van der Waals surface area contributed by atoms with Crippen molar-refractivity contribution in [3.05, 3.63) is 16.1 Å². The van der Waals surface area contributed by atoms with Crippen molar-refractivity contribution in [1.82, 2.24) is 20.1 Å². The summed E-state index contributed by atoms with van der Waals surface area (Å²) in [5.74, 6) is 0.696. The van der Waals surface area contributed by atoms with E-state index in [2.05, 4.69) is 29.0 Å². The van der Waals surface area contributed by atoms with E-state index in [1.54, 1.807) is 11.3 Å². The maximum absolute atomic E-state index is 12.6. The summed E-state index contributed by atoms with van der Waals surface area (Å²) in [5, 5.41) is 6.39. The average Bonchev–Trinajstić information content (AvgIpc) is 3.16. The highest BCUT2D eigenvalue weighted by Crippen LogP contribution is 2.20. The Hall–Kier alpha value is -0.400. The van der Waals surface area contributed by atoms with E-state index >= 15 is 0 Å². The van der Waals surface area contributed by atoms with Crippen LogP contribution in [0.5, 0.6) is 0 Å². The number of carbonyl (C=O) groups is 1. The molecule has 3 heterocycles. The molecule has 2 aliphatic rings. The molecule has 1 aromatic rings. The molecule has 0 radical (unpaired) electrons. The molecular weight excluding hydrogens is 367 g/mol. The van der Waals surface area contributed by atoms with Crippen LogP contribution in [0.4, 0.5) is 0 Å². The maximum Gasteiger partial charge on any atom is 0.273 e. The van der Waals surface area contributed by atoms with E-state index in [0.29, 0.717) is 17.7 Å². The van der Waals surface area contributed by atoms with Gasteiger partial charge in [0.25, 0.3) is 5.91 Å². The van der Waals surface area contributed by atoms with Crippen molar-refractivity contribution in [3.8, 4) is 0 Å². The minimum Gasteiger partial charge on any atom is -0.336 e. The molecule has 5 nitrogen and oxygen atoms in total. The molecule has 0 saturated carbocycles. The Balaban J connectivity index is 0.00000144. The van der Waals surface area contributed by atoms with Crippen molar-refractivity contribution in [2.24, 2.45) is 5.92 Å². The van der Waals surface area contributed by atoms with E-state index in [0.717, 1.165) is 57.1 Å². The van der Waals surface area contributed by atoms with Gasteiger partial charge >= 0.3 is 0 Å². The molecule has 1 unspecified atom stereocenters. The first kappa shape index (κ1) is 21.6. The van der Waals surface area contributed by atoms with E-state index in [-0.39, 0.29) is 30.7 Å². The van der Waals surface area contributed by atoms with Crippen molar-refractivity contribution in [1.29, 1.82) is 0 Å². The zero-order chi connectivity index (χ0) is 15.5. The fourth-order valence-electron chi connectivity index (χ4n) is 3.29. The molecule has 0 aromatic carbocycles. The number of hydrogen-bond donors (Lipinski definition) is 1. The van der Waals surface area contributed by atoms with E-state index in [9.17, 15) is 4.79 Å². The Morgan fingerprint density at radius 1 is 1.33 bits per heavy atom. The summed E-state index contributed by atoms with van der Waals surface area (Å²) in [7, 11) is 0. The summed E-state index contributed by atoms with van der Waals surface area (Å²) in [4.78, 5) is 21.7. The van der Waals surface area contributed by atoms with Crippen LogP contribution in [0.25, 0.3) is 0 Å². The second kappa shape index (κ2) is 9.92. The number of halogens is 2. The molecule has 138 valence electrons. The normalized spacial score (nSPS) is 21.5. The SMILES string of the molecule is CC(C)Cc1nc(C(=O)N2CCC(N3CCNCC3)C2)cs1.Cl.Cl. The van der Waals surface area contributed by atoms with Crippen LogP contribution >= 0.6 is 36.2 Å². The first-order chi connectivity index (χ1) is 10.6. The van der Waals surface area contributed by atoms with Gasteiger partial charge in [0.05, 0.1) is 5.01 Å². The standard InChI is InChI=1S/C16H26N4OS.2ClH/c1-12(2)9-15-18-14(11-22-15)16(21)20-6-3-13(10-20)19-7-4-17-5-8-19;;/h11-13,17H,3-10H2,1-2H3;2*1H. The van der Waals surface area contributed by atoms with Gasteiger partial charge in [-0.25, -0.2) is 4.98 Å². The summed E-state index contributed by atoms with van der Waals surface area (Å²) in [6.45, 7) is 10.4. The molecule has 24 heavy (non-hydrogen) atoms. The highest BCUT2D eigenvalue weighted by atomic mass is 35.5. The highest BCUT2D eigenvalue weighted by Gasteiger charge is 2.32. The fourth-order valence-corrected chi connectivity index (χ4v) is 4.27. The van der Waals surface area contributed by atoms with Gasteiger partial charge in [-0.15, -0.1) is 36.2 Å². The van der Waals surface area contributed by atoms with Gasteiger partial charge in [-0.3, -0.25) is 9.69 Å². The molecule has 1 aromatic heterocycles. The van der Waals surface area contributed by atoms with Crippen molar-refractivity contribution >= 4 is 42.1 Å². The minimum absolute atomic E-state index is 0. The van der Waals surface area contributed by atoms with Gasteiger partial charge in [-0.05, 0) is 12.3 Å². The van der Waals surface area contributed by atoms with Crippen LogP contribution in [0.3, 0.4) is 0 Å². The Morgan fingerprint density at radius 3 is 2.71 bits per heavy atom. The number of nitrogens with one attached hydrogen (secondary N) is 1. The van der Waals surface area contributed by atoms with Crippen LogP contribution < -0.4 is 5.32 Å². The topological polar surface area (TPSA) is 48.5 Å². The Labute approximate surface area is 161 Å². The van der Waals surface area contributed by atoms with Crippen LogP contribution in [0.2, 0.25) is 0 Å². The second-order valence-corrected chi connectivity index (χ2v) is 7.65. The summed E-state index contributed by atoms with van der Waals surface area (Å²) in [6.07, 6.45) is 2.05. The largest absolute Gasteiger partial charge is 0.336 e. The molecule has 0 aliphatic carbocycles. The van der Waals surface area contributed by atoms with E-state index in [4.69, 9.17) is 0 Å². The molecule has 2 fully saturated rings. The minimum atomic E-state index is 0. The quantitative estimate of drug-likeness (QED) is 0.850. The van der Waals surface area contributed by atoms with E-state index in [1.807, 2.05) is 10.3 Å². The lowest BCUT2D eigenvalue weighted by atomic mass is 10.1. The number of rotatable bonds is 4. The Bertz CT molecular complexity index is 520. The lowest BCUT2D eigenvalue weighted by Gasteiger charge is -2.32. The van der Waals surface area contributed by atoms with Gasteiger partial charge in [-0.2, -0.15) is 0 Å². The molecular formula is C16H28Cl2N4OS. The highest BCUT2D eigenvalue weighted by molar-refractivity contribution is 7.09. The molecule has 0 spiro atoms. The Morgan fingerprint density at radius 2 is 2.04 bits per heavy atom. The molecule has 3 rings (SSSR count). The summed E-state index contributed by atoms with van der Waals surface area (Å²) in [5.41, 5.74) is 0.640. The van der Waals surface area contributed by atoms with Crippen LogP contribution in [0.1, 0.15) is 35.8 Å². The number of thiazole rings is 1. The summed E-state index contributed by atoms with van der Waals surface area (Å²) in [6, 6.07) is 0.528. The van der Waals surface area contributed by atoms with Gasteiger partial charge in [-0.1, -0.05) is 13.8 Å². The molecule has 2 aliphatic heterocycles. The number of likely N-dealkylation sites (tertiary alicyclic amines) is 1. The number of hydrogen-bond acceptors (Lipinski definition) is 5. The van der Waals surface area contributed by atoms with Gasteiger partial charge in [0.15, 0.2) is 0 Å². The first-order valence-electron chi connectivity index (χ1n) is 8.32. The van der Waals surface area contributed by atoms with Crippen LogP contribution in [0.15, 0.2) is 5.38 Å². The molecule has 1 N–H and O–H groups in total. The lowest BCUT2D eigenvalue weighted by molar-refractivity contribution is 0.0768. The maximum atomic E-state index is 12.6. The monoisotopic (exact) mass is 394 g/mol. The fraction of sp³-hybridized carbons (Fsp3) is 0.750. The van der Waals surface area contributed by atoms with E-state index < -0.39 is 0 Å². The molecule has 2 saturated heterocycles.